The average Bonchev–Trinajstić information content (AvgIpc) is 2.85. The molecule has 0 atom stereocenters. The van der Waals surface area contributed by atoms with Crippen LogP contribution in [0.25, 0.3) is 0 Å². The van der Waals surface area contributed by atoms with Gasteiger partial charge in [-0.25, -0.2) is 4.79 Å². The van der Waals surface area contributed by atoms with E-state index < -0.39 is 0 Å². The van der Waals surface area contributed by atoms with Crippen molar-refractivity contribution in [3.05, 3.63) is 16.5 Å². The van der Waals surface area contributed by atoms with Crippen molar-refractivity contribution in [2.75, 3.05) is 18.6 Å². The second-order valence-electron chi connectivity index (χ2n) is 5.22. The lowest BCUT2D eigenvalue weighted by Crippen LogP contribution is -2.08. The molecule has 20 heavy (non-hydrogen) atoms. The molecule has 0 bridgehead atoms. The Bertz CT molecular complexity index is 439. The third-order valence-corrected chi connectivity index (χ3v) is 6.18. The van der Waals surface area contributed by atoms with Crippen molar-refractivity contribution in [1.82, 2.24) is 0 Å². The van der Waals surface area contributed by atoms with Crippen LogP contribution >= 0.6 is 23.1 Å². The Hall–Kier alpha value is -0.680. The molecule has 112 valence electrons. The lowest BCUT2D eigenvalue weighted by atomic mass is 10.0. The number of methoxy groups -OCH3 is 1. The Labute approximate surface area is 129 Å². The average molecular weight is 313 g/mol. The van der Waals surface area contributed by atoms with E-state index >= 15 is 0 Å². The van der Waals surface area contributed by atoms with Gasteiger partial charge in [0.2, 0.25) is 0 Å². The number of anilines is 1. The molecule has 2 rings (SSSR count). The Balaban J connectivity index is 1.72. The first-order chi connectivity index (χ1) is 9.70. The smallest absolute Gasteiger partial charge is 0.340 e. The summed E-state index contributed by atoms with van der Waals surface area (Å²) < 4.78 is 4.72. The monoisotopic (exact) mass is 313 g/mol. The molecule has 1 aliphatic rings. The topological polar surface area (TPSA) is 52.3 Å². The summed E-state index contributed by atoms with van der Waals surface area (Å²) >= 11 is 3.63. The van der Waals surface area contributed by atoms with E-state index in [1.54, 1.807) is 0 Å². The van der Waals surface area contributed by atoms with Gasteiger partial charge in [-0.15, -0.1) is 11.3 Å². The quantitative estimate of drug-likeness (QED) is 0.634. The number of hydrogen-bond donors (Lipinski definition) is 1. The number of nitrogen functional groups attached to an aromatic ring is 1. The minimum Gasteiger partial charge on any atom is -0.465 e. The molecule has 1 heterocycles. The van der Waals surface area contributed by atoms with E-state index in [-0.39, 0.29) is 5.97 Å². The summed E-state index contributed by atoms with van der Waals surface area (Å²) in [6, 6.07) is 1.89. The molecule has 3 nitrogen and oxygen atoms in total. The van der Waals surface area contributed by atoms with E-state index in [9.17, 15) is 4.79 Å². The summed E-state index contributed by atoms with van der Waals surface area (Å²) in [5.41, 5.74) is 6.37. The number of esters is 1. The number of thioether (sulfide) groups is 1. The van der Waals surface area contributed by atoms with Gasteiger partial charge in [0.1, 0.15) is 5.00 Å². The van der Waals surface area contributed by atoms with E-state index in [2.05, 4.69) is 11.8 Å². The Morgan fingerprint density at radius 1 is 1.45 bits per heavy atom. The fourth-order valence-electron chi connectivity index (χ4n) is 2.58. The largest absolute Gasteiger partial charge is 0.465 e. The third-order valence-electron chi connectivity index (χ3n) is 3.69. The molecule has 1 aromatic heterocycles. The highest BCUT2D eigenvalue weighted by Crippen LogP contribution is 2.30. The van der Waals surface area contributed by atoms with Crippen LogP contribution < -0.4 is 5.73 Å². The van der Waals surface area contributed by atoms with E-state index in [1.165, 1.54) is 61.2 Å². The van der Waals surface area contributed by atoms with Crippen LogP contribution in [-0.4, -0.2) is 24.1 Å². The van der Waals surface area contributed by atoms with Crippen molar-refractivity contribution in [3.63, 3.8) is 0 Å². The number of aryl methyl sites for hydroxylation is 1. The highest BCUT2D eigenvalue weighted by atomic mass is 32.2. The molecular weight excluding hydrogens is 290 g/mol. The van der Waals surface area contributed by atoms with Crippen LogP contribution in [0.1, 0.15) is 53.8 Å². The molecule has 0 aliphatic heterocycles. The standard InChI is InChI=1S/C15H23NO2S2/c1-18-15(17)13-10-12(20-14(13)16)8-5-9-19-11-6-3-2-4-7-11/h10-11H,2-9,16H2,1H3. The normalized spacial score (nSPS) is 16.2. The molecule has 1 fully saturated rings. The number of rotatable bonds is 6. The van der Waals surface area contributed by atoms with Gasteiger partial charge in [-0.3, -0.25) is 0 Å². The SMILES string of the molecule is COC(=O)c1cc(CCCSC2CCCCC2)sc1N. The number of hydrogen-bond acceptors (Lipinski definition) is 5. The van der Waals surface area contributed by atoms with Crippen LogP contribution in [0, 0.1) is 0 Å². The number of ether oxygens (including phenoxy) is 1. The van der Waals surface area contributed by atoms with Crippen molar-refractivity contribution in [2.45, 2.75) is 50.2 Å². The summed E-state index contributed by atoms with van der Waals surface area (Å²) in [6.45, 7) is 0. The molecule has 1 saturated carbocycles. The van der Waals surface area contributed by atoms with Crippen molar-refractivity contribution >= 4 is 34.1 Å². The Kier molecular flexibility index (Phi) is 6.23. The Morgan fingerprint density at radius 3 is 2.90 bits per heavy atom. The summed E-state index contributed by atoms with van der Waals surface area (Å²) in [6.07, 6.45) is 9.17. The van der Waals surface area contributed by atoms with Crippen molar-refractivity contribution in [2.24, 2.45) is 0 Å². The molecule has 0 unspecified atom stereocenters. The highest BCUT2D eigenvalue weighted by molar-refractivity contribution is 7.99. The molecule has 2 N–H and O–H groups in total. The van der Waals surface area contributed by atoms with Gasteiger partial charge in [0, 0.05) is 10.1 Å². The third kappa shape index (κ3) is 4.42. The molecular formula is C15H23NO2S2. The lowest BCUT2D eigenvalue weighted by Gasteiger charge is -2.20. The Morgan fingerprint density at radius 2 is 2.20 bits per heavy atom. The number of nitrogens with two attached hydrogens (primary N) is 1. The van der Waals surface area contributed by atoms with Gasteiger partial charge in [-0.05, 0) is 37.5 Å². The zero-order valence-electron chi connectivity index (χ0n) is 12.0. The maximum atomic E-state index is 11.5. The van der Waals surface area contributed by atoms with Crippen LogP contribution in [0.5, 0.6) is 0 Å². The van der Waals surface area contributed by atoms with E-state index in [0.29, 0.717) is 10.6 Å². The van der Waals surface area contributed by atoms with Gasteiger partial charge in [0.15, 0.2) is 0 Å². The lowest BCUT2D eigenvalue weighted by molar-refractivity contribution is 0.0602. The first-order valence-corrected chi connectivity index (χ1v) is 9.15. The second-order valence-corrected chi connectivity index (χ2v) is 7.79. The molecule has 0 spiro atoms. The molecule has 0 amide bonds. The molecule has 1 aromatic rings. The molecule has 5 heteroatoms. The van der Waals surface area contributed by atoms with Crippen LogP contribution in [0.3, 0.4) is 0 Å². The van der Waals surface area contributed by atoms with Gasteiger partial charge < -0.3 is 10.5 Å². The van der Waals surface area contributed by atoms with E-state index in [1.807, 2.05) is 6.07 Å². The zero-order chi connectivity index (χ0) is 14.4. The summed E-state index contributed by atoms with van der Waals surface area (Å²) in [5.74, 6) is 0.873. The molecule has 0 radical (unpaired) electrons. The van der Waals surface area contributed by atoms with Gasteiger partial charge >= 0.3 is 5.97 Å². The van der Waals surface area contributed by atoms with Crippen molar-refractivity contribution in [1.29, 1.82) is 0 Å². The highest BCUT2D eigenvalue weighted by Gasteiger charge is 2.15. The summed E-state index contributed by atoms with van der Waals surface area (Å²) in [5, 5.41) is 1.45. The number of carbonyl (C=O) groups excluding carboxylic acids is 1. The number of carbonyl (C=O) groups is 1. The molecule has 0 aromatic carbocycles. The fraction of sp³-hybridized carbons (Fsp3) is 0.667. The molecule has 1 aliphatic carbocycles. The van der Waals surface area contributed by atoms with Crippen molar-refractivity contribution in [3.8, 4) is 0 Å². The number of thiophene rings is 1. The predicted octanol–water partition coefficient (Wildman–Crippen LogP) is 4.12. The van der Waals surface area contributed by atoms with Gasteiger partial charge in [-0.1, -0.05) is 19.3 Å². The second kappa shape index (κ2) is 7.93. The molecule has 0 saturated heterocycles. The zero-order valence-corrected chi connectivity index (χ0v) is 13.7. The predicted molar refractivity (Wildman–Crippen MR) is 87.7 cm³/mol. The fourth-order valence-corrected chi connectivity index (χ4v) is 4.85. The van der Waals surface area contributed by atoms with Crippen LogP contribution in [-0.2, 0) is 11.2 Å². The van der Waals surface area contributed by atoms with Gasteiger partial charge in [0.25, 0.3) is 0 Å². The van der Waals surface area contributed by atoms with Crippen LogP contribution in [0.2, 0.25) is 0 Å². The maximum absolute atomic E-state index is 11.5. The minimum atomic E-state index is -0.332. The van der Waals surface area contributed by atoms with Crippen LogP contribution in [0.4, 0.5) is 5.00 Å². The maximum Gasteiger partial charge on any atom is 0.340 e. The minimum absolute atomic E-state index is 0.332. The van der Waals surface area contributed by atoms with Gasteiger partial charge in [-0.2, -0.15) is 11.8 Å². The van der Waals surface area contributed by atoms with Gasteiger partial charge in [0.05, 0.1) is 12.7 Å². The van der Waals surface area contributed by atoms with Crippen LogP contribution in [0.15, 0.2) is 6.07 Å². The first kappa shape index (κ1) is 15.7. The first-order valence-electron chi connectivity index (χ1n) is 7.29. The summed E-state index contributed by atoms with van der Waals surface area (Å²) in [7, 11) is 1.39. The summed E-state index contributed by atoms with van der Waals surface area (Å²) in [4.78, 5) is 12.7. The van der Waals surface area contributed by atoms with E-state index in [4.69, 9.17) is 10.5 Å². The van der Waals surface area contributed by atoms with E-state index in [0.717, 1.165) is 18.1 Å². The van der Waals surface area contributed by atoms with Crippen molar-refractivity contribution < 1.29 is 9.53 Å².